The number of hydrogen-bond acceptors (Lipinski definition) is 6. The zero-order chi connectivity index (χ0) is 18.4. The number of amides is 1. The van der Waals surface area contributed by atoms with Crippen molar-refractivity contribution in [2.45, 2.75) is 30.8 Å². The molecule has 1 aromatic carbocycles. The molecule has 0 aliphatic carbocycles. The molecular weight excluding hydrogens is 373 g/mol. The normalized spacial score (nSPS) is 11.4. The minimum atomic E-state index is -4.41. The maximum absolute atomic E-state index is 12.0. The van der Waals surface area contributed by atoms with Gasteiger partial charge in [-0.05, 0) is 24.5 Å². The van der Waals surface area contributed by atoms with Gasteiger partial charge in [-0.25, -0.2) is 0 Å². The molecule has 5 nitrogen and oxygen atoms in total. The lowest BCUT2D eigenvalue weighted by molar-refractivity contribution is -0.136. The number of para-hydroxylation sites is 1. The monoisotopic (exact) mass is 390 g/mol. The molecule has 0 aliphatic rings. The Morgan fingerprint density at radius 2 is 2.08 bits per heavy atom. The highest BCUT2D eigenvalue weighted by Gasteiger charge is 2.27. The van der Waals surface area contributed by atoms with E-state index in [0.29, 0.717) is 9.47 Å². The van der Waals surface area contributed by atoms with Crippen LogP contribution in [0.25, 0.3) is 0 Å². The average molecular weight is 390 g/mol. The first kappa shape index (κ1) is 19.5. The minimum absolute atomic E-state index is 0.144. The molecule has 0 radical (unpaired) electrons. The van der Waals surface area contributed by atoms with Gasteiger partial charge in [-0.15, -0.1) is 10.2 Å². The molecule has 1 heterocycles. The van der Waals surface area contributed by atoms with Crippen LogP contribution < -0.4 is 10.6 Å². The van der Waals surface area contributed by atoms with Gasteiger partial charge >= 0.3 is 6.18 Å². The molecule has 0 spiro atoms. The summed E-state index contributed by atoms with van der Waals surface area (Å²) in [7, 11) is 0. The Kier molecular flexibility index (Phi) is 6.65. The van der Waals surface area contributed by atoms with Crippen LogP contribution in [-0.4, -0.2) is 34.6 Å². The van der Waals surface area contributed by atoms with Gasteiger partial charge in [0.25, 0.3) is 0 Å². The van der Waals surface area contributed by atoms with Crippen molar-refractivity contribution in [3.8, 4) is 0 Å². The molecule has 2 N–H and O–H groups in total. The van der Waals surface area contributed by atoms with E-state index in [2.05, 4.69) is 22.4 Å². The van der Waals surface area contributed by atoms with Crippen LogP contribution in [-0.2, 0) is 11.2 Å². The summed E-state index contributed by atoms with van der Waals surface area (Å²) in [6.45, 7) is 2.71. The molecule has 2 rings (SSSR count). The fraction of sp³-hybridized carbons (Fsp3) is 0.400. The van der Waals surface area contributed by atoms with E-state index in [1.807, 2.05) is 30.4 Å². The lowest BCUT2D eigenvalue weighted by Gasteiger charge is -2.11. The lowest BCUT2D eigenvalue weighted by atomic mass is 10.1. The van der Waals surface area contributed by atoms with Crippen LogP contribution in [0, 0.1) is 6.92 Å². The van der Waals surface area contributed by atoms with Crippen molar-refractivity contribution in [1.82, 2.24) is 15.5 Å². The van der Waals surface area contributed by atoms with E-state index in [1.165, 1.54) is 11.3 Å². The first-order valence-corrected chi connectivity index (χ1v) is 9.24. The smallest absolute Gasteiger partial charge is 0.346 e. The van der Waals surface area contributed by atoms with Crippen molar-refractivity contribution in [3.63, 3.8) is 0 Å². The third-order valence-electron chi connectivity index (χ3n) is 3.19. The second-order valence-electron chi connectivity index (χ2n) is 5.14. The highest BCUT2D eigenvalue weighted by molar-refractivity contribution is 8.01. The zero-order valence-corrected chi connectivity index (χ0v) is 15.2. The van der Waals surface area contributed by atoms with Crippen LogP contribution in [0.2, 0.25) is 0 Å². The summed E-state index contributed by atoms with van der Waals surface area (Å²) in [5.74, 6) is -0.839. The molecule has 136 valence electrons. The van der Waals surface area contributed by atoms with E-state index in [9.17, 15) is 18.0 Å². The Morgan fingerprint density at radius 1 is 1.32 bits per heavy atom. The van der Waals surface area contributed by atoms with Crippen LogP contribution in [0.4, 0.5) is 24.0 Å². The van der Waals surface area contributed by atoms with Gasteiger partial charge in [-0.1, -0.05) is 48.2 Å². The molecule has 1 aromatic heterocycles. The maximum atomic E-state index is 12.0. The van der Waals surface area contributed by atoms with E-state index >= 15 is 0 Å². The largest absolute Gasteiger partial charge is 0.405 e. The highest BCUT2D eigenvalue weighted by Crippen LogP contribution is 2.30. The van der Waals surface area contributed by atoms with Gasteiger partial charge in [0.2, 0.25) is 11.0 Å². The second kappa shape index (κ2) is 8.52. The minimum Gasteiger partial charge on any atom is -0.346 e. The molecular formula is C15H17F3N4OS2. The number of hydrogen-bond donors (Lipinski definition) is 2. The first-order valence-electron chi connectivity index (χ1n) is 7.43. The van der Waals surface area contributed by atoms with E-state index in [4.69, 9.17) is 0 Å². The summed E-state index contributed by atoms with van der Waals surface area (Å²) in [6.07, 6.45) is -3.55. The predicted octanol–water partition coefficient (Wildman–Crippen LogP) is 3.92. The Bertz CT molecular complexity index is 734. The van der Waals surface area contributed by atoms with Crippen LogP contribution >= 0.6 is 23.1 Å². The summed E-state index contributed by atoms with van der Waals surface area (Å²) in [6, 6.07) is 6.00. The molecule has 10 heteroatoms. The molecule has 0 unspecified atom stereocenters. The number of anilines is 2. The summed E-state index contributed by atoms with van der Waals surface area (Å²) in [5, 5.41) is 13.6. The number of benzene rings is 1. The summed E-state index contributed by atoms with van der Waals surface area (Å²) in [4.78, 5) is 11.4. The van der Waals surface area contributed by atoms with E-state index in [1.54, 1.807) is 0 Å². The van der Waals surface area contributed by atoms with Gasteiger partial charge in [0.05, 0.1) is 5.75 Å². The van der Waals surface area contributed by atoms with Crippen molar-refractivity contribution in [2.75, 3.05) is 17.6 Å². The molecule has 0 saturated heterocycles. The number of carbonyl (C=O) groups is 1. The zero-order valence-electron chi connectivity index (χ0n) is 13.6. The predicted molar refractivity (Wildman–Crippen MR) is 93.5 cm³/mol. The summed E-state index contributed by atoms with van der Waals surface area (Å²) < 4.78 is 36.6. The molecule has 1 amide bonds. The van der Waals surface area contributed by atoms with Gasteiger partial charge in [0.1, 0.15) is 6.54 Å². The number of thioether (sulfide) groups is 1. The van der Waals surface area contributed by atoms with Crippen LogP contribution in [0.5, 0.6) is 0 Å². The summed E-state index contributed by atoms with van der Waals surface area (Å²) in [5.41, 5.74) is 3.20. The molecule has 0 atom stereocenters. The Balaban J connectivity index is 1.92. The average Bonchev–Trinajstić information content (AvgIpc) is 3.00. The lowest BCUT2D eigenvalue weighted by Crippen LogP contribution is -2.34. The highest BCUT2D eigenvalue weighted by atomic mass is 32.2. The standard InChI is InChI=1S/C15H17F3N4OS2/c1-3-10-6-4-5-9(2)12(10)20-13-21-22-14(25-13)24-7-11(23)19-8-15(16,17)18/h4-6H,3,7-8H2,1-2H3,(H,19,23)(H,20,21). The Hall–Kier alpha value is -1.81. The molecule has 25 heavy (non-hydrogen) atoms. The van der Waals surface area contributed by atoms with Gasteiger partial charge in [0, 0.05) is 5.69 Å². The number of nitrogens with zero attached hydrogens (tertiary/aromatic N) is 2. The van der Waals surface area contributed by atoms with Crippen molar-refractivity contribution >= 4 is 39.8 Å². The van der Waals surface area contributed by atoms with Crippen molar-refractivity contribution in [3.05, 3.63) is 29.3 Å². The number of halogens is 3. The van der Waals surface area contributed by atoms with Crippen molar-refractivity contribution in [1.29, 1.82) is 0 Å². The third-order valence-corrected chi connectivity index (χ3v) is 5.16. The van der Waals surface area contributed by atoms with Crippen LogP contribution in [0.15, 0.2) is 22.5 Å². The molecule has 0 aliphatic heterocycles. The van der Waals surface area contributed by atoms with E-state index in [-0.39, 0.29) is 5.75 Å². The number of rotatable bonds is 7. The van der Waals surface area contributed by atoms with Crippen LogP contribution in [0.1, 0.15) is 18.1 Å². The molecule has 0 saturated carbocycles. The number of alkyl halides is 3. The number of nitrogens with one attached hydrogen (secondary N) is 2. The maximum Gasteiger partial charge on any atom is 0.405 e. The fourth-order valence-corrected chi connectivity index (χ4v) is 3.59. The summed E-state index contributed by atoms with van der Waals surface area (Å²) >= 11 is 2.30. The first-order chi connectivity index (χ1) is 11.8. The van der Waals surface area contributed by atoms with Gasteiger partial charge in [0.15, 0.2) is 4.34 Å². The number of aromatic nitrogens is 2. The Morgan fingerprint density at radius 3 is 2.76 bits per heavy atom. The van der Waals surface area contributed by atoms with Gasteiger partial charge < -0.3 is 10.6 Å². The number of aryl methyl sites for hydroxylation is 2. The fourth-order valence-electron chi connectivity index (χ4n) is 2.00. The Labute approximate surface area is 151 Å². The van der Waals surface area contributed by atoms with Crippen LogP contribution in [0.3, 0.4) is 0 Å². The van der Waals surface area contributed by atoms with E-state index < -0.39 is 18.6 Å². The van der Waals surface area contributed by atoms with Gasteiger partial charge in [-0.3, -0.25) is 4.79 Å². The SMILES string of the molecule is CCc1cccc(C)c1Nc1nnc(SCC(=O)NCC(F)(F)F)s1. The third kappa shape index (κ3) is 6.20. The quantitative estimate of drug-likeness (QED) is 0.702. The second-order valence-corrected chi connectivity index (χ2v) is 7.34. The topological polar surface area (TPSA) is 66.9 Å². The molecule has 2 aromatic rings. The molecule has 0 bridgehead atoms. The number of carbonyl (C=O) groups excluding carboxylic acids is 1. The van der Waals surface area contributed by atoms with Gasteiger partial charge in [-0.2, -0.15) is 13.2 Å². The van der Waals surface area contributed by atoms with Crippen molar-refractivity contribution < 1.29 is 18.0 Å². The van der Waals surface area contributed by atoms with E-state index in [0.717, 1.165) is 35.0 Å². The molecule has 0 fully saturated rings. The van der Waals surface area contributed by atoms with Crippen molar-refractivity contribution in [2.24, 2.45) is 0 Å².